The summed E-state index contributed by atoms with van der Waals surface area (Å²) in [6.07, 6.45) is -1.08. The quantitative estimate of drug-likeness (QED) is 0.320. The molecule has 0 aliphatic heterocycles. The van der Waals surface area contributed by atoms with E-state index in [1.165, 1.54) is 0 Å². The highest BCUT2D eigenvalue weighted by Gasteiger charge is 2.32. The minimum atomic E-state index is -1.19. The van der Waals surface area contributed by atoms with Crippen LogP contribution in [0, 0.1) is 0 Å². The van der Waals surface area contributed by atoms with Crippen LogP contribution in [0.25, 0.3) is 0 Å². The van der Waals surface area contributed by atoms with E-state index in [1.807, 2.05) is 39.0 Å². The molecular formula is C28H44N2O8. The first-order valence-electron chi connectivity index (χ1n) is 12.7. The standard InChI is InChI=1S/C28H44N2O8/c1-26(2,3)36-18-21(24(33)38-28(7,8)9)29-23(32)20(15-16-22(31)37-27(4,5)6)30-25(34)35-17-19-13-11-10-12-14-19/h10-14,20-21H,15-18H2,1-9H3,(H,29,32)(H,30,34)/t20-,21-/m0/s1. The second-order valence-corrected chi connectivity index (χ2v) is 11.9. The Morgan fingerprint density at radius 2 is 1.34 bits per heavy atom. The normalized spacial score (nSPS) is 13.6. The van der Waals surface area contributed by atoms with Gasteiger partial charge in [0.2, 0.25) is 5.91 Å². The molecule has 0 unspecified atom stereocenters. The Kier molecular flexibility index (Phi) is 12.2. The lowest BCUT2D eigenvalue weighted by Crippen LogP contribution is -2.54. The first-order chi connectivity index (χ1) is 17.3. The van der Waals surface area contributed by atoms with Crippen LogP contribution in [-0.4, -0.2) is 59.4 Å². The van der Waals surface area contributed by atoms with E-state index in [-0.39, 0.29) is 26.1 Å². The van der Waals surface area contributed by atoms with E-state index in [0.29, 0.717) is 0 Å². The summed E-state index contributed by atoms with van der Waals surface area (Å²) in [6, 6.07) is 6.71. The molecule has 0 saturated heterocycles. The van der Waals surface area contributed by atoms with Crippen LogP contribution < -0.4 is 10.6 Å². The molecule has 0 heterocycles. The van der Waals surface area contributed by atoms with Crippen molar-refractivity contribution in [1.82, 2.24) is 10.6 Å². The maximum absolute atomic E-state index is 13.3. The van der Waals surface area contributed by atoms with Crippen molar-refractivity contribution in [2.75, 3.05) is 6.61 Å². The summed E-state index contributed by atoms with van der Waals surface area (Å²) >= 11 is 0. The number of carbonyl (C=O) groups excluding carboxylic acids is 4. The fraction of sp³-hybridized carbons (Fsp3) is 0.643. The first-order valence-corrected chi connectivity index (χ1v) is 12.7. The lowest BCUT2D eigenvalue weighted by molar-refractivity contribution is -0.162. The molecule has 0 radical (unpaired) electrons. The van der Waals surface area contributed by atoms with Gasteiger partial charge >= 0.3 is 18.0 Å². The van der Waals surface area contributed by atoms with E-state index in [4.69, 9.17) is 18.9 Å². The number of esters is 2. The summed E-state index contributed by atoms with van der Waals surface area (Å²) in [4.78, 5) is 50.9. The van der Waals surface area contributed by atoms with Crippen molar-refractivity contribution in [3.05, 3.63) is 35.9 Å². The number of alkyl carbamates (subject to hydrolysis) is 1. The zero-order valence-electron chi connectivity index (χ0n) is 24.1. The molecule has 2 N–H and O–H groups in total. The average Bonchev–Trinajstić information content (AvgIpc) is 2.75. The summed E-state index contributed by atoms with van der Waals surface area (Å²) in [7, 11) is 0. The maximum atomic E-state index is 13.3. The van der Waals surface area contributed by atoms with Gasteiger partial charge in [-0.2, -0.15) is 0 Å². The van der Waals surface area contributed by atoms with Gasteiger partial charge in [0, 0.05) is 6.42 Å². The smallest absolute Gasteiger partial charge is 0.408 e. The molecule has 10 heteroatoms. The summed E-state index contributed by atoms with van der Waals surface area (Å²) in [6.45, 7) is 15.6. The molecule has 10 nitrogen and oxygen atoms in total. The van der Waals surface area contributed by atoms with E-state index < -0.39 is 52.8 Å². The minimum absolute atomic E-state index is 0.00691. The van der Waals surface area contributed by atoms with Crippen molar-refractivity contribution in [3.63, 3.8) is 0 Å². The zero-order valence-corrected chi connectivity index (χ0v) is 24.1. The largest absolute Gasteiger partial charge is 0.460 e. The molecule has 214 valence electrons. The number of nitrogens with one attached hydrogen (secondary N) is 2. The molecule has 0 bridgehead atoms. The van der Waals surface area contributed by atoms with E-state index in [1.54, 1.807) is 53.7 Å². The number of hydrogen-bond acceptors (Lipinski definition) is 8. The van der Waals surface area contributed by atoms with Gasteiger partial charge in [0.05, 0.1) is 12.2 Å². The Balaban J connectivity index is 3.00. The molecule has 2 amide bonds. The fourth-order valence-corrected chi connectivity index (χ4v) is 2.98. The van der Waals surface area contributed by atoms with Gasteiger partial charge < -0.3 is 29.6 Å². The van der Waals surface area contributed by atoms with Crippen molar-refractivity contribution < 1.29 is 38.1 Å². The second-order valence-electron chi connectivity index (χ2n) is 11.9. The van der Waals surface area contributed by atoms with Gasteiger partial charge in [-0.05, 0) is 74.3 Å². The summed E-state index contributed by atoms with van der Waals surface area (Å²) < 4.78 is 21.7. The van der Waals surface area contributed by atoms with Crippen molar-refractivity contribution in [3.8, 4) is 0 Å². The van der Waals surface area contributed by atoms with Crippen LogP contribution >= 0.6 is 0 Å². The second kappa shape index (κ2) is 14.1. The topological polar surface area (TPSA) is 129 Å². The van der Waals surface area contributed by atoms with Crippen LogP contribution in [0.3, 0.4) is 0 Å². The third-order valence-electron chi connectivity index (χ3n) is 4.57. The van der Waals surface area contributed by atoms with E-state index in [0.717, 1.165) is 5.56 Å². The summed E-state index contributed by atoms with van der Waals surface area (Å²) in [5.74, 6) is -1.92. The Morgan fingerprint density at radius 3 is 1.87 bits per heavy atom. The van der Waals surface area contributed by atoms with Crippen LogP contribution in [0.4, 0.5) is 4.79 Å². The van der Waals surface area contributed by atoms with Crippen LogP contribution in [-0.2, 0) is 39.9 Å². The molecule has 0 spiro atoms. The Morgan fingerprint density at radius 1 is 0.763 bits per heavy atom. The van der Waals surface area contributed by atoms with Gasteiger partial charge in [-0.25, -0.2) is 9.59 Å². The summed E-state index contributed by atoms with van der Waals surface area (Å²) in [5.41, 5.74) is -1.32. The van der Waals surface area contributed by atoms with Crippen LogP contribution in [0.5, 0.6) is 0 Å². The van der Waals surface area contributed by atoms with Gasteiger partial charge in [-0.1, -0.05) is 30.3 Å². The molecule has 0 aliphatic carbocycles. The number of amides is 2. The van der Waals surface area contributed by atoms with Crippen molar-refractivity contribution >= 4 is 23.9 Å². The fourth-order valence-electron chi connectivity index (χ4n) is 2.98. The maximum Gasteiger partial charge on any atom is 0.408 e. The highest BCUT2D eigenvalue weighted by Crippen LogP contribution is 2.14. The van der Waals surface area contributed by atoms with Crippen molar-refractivity contribution in [2.45, 2.75) is 111 Å². The van der Waals surface area contributed by atoms with E-state index >= 15 is 0 Å². The Labute approximate surface area is 226 Å². The third kappa shape index (κ3) is 15.2. The average molecular weight is 537 g/mol. The highest BCUT2D eigenvalue weighted by molar-refractivity contribution is 5.90. The van der Waals surface area contributed by atoms with Gasteiger partial charge in [0.15, 0.2) is 6.04 Å². The minimum Gasteiger partial charge on any atom is -0.460 e. The van der Waals surface area contributed by atoms with Crippen molar-refractivity contribution in [1.29, 1.82) is 0 Å². The Bertz CT molecular complexity index is 927. The van der Waals surface area contributed by atoms with E-state index in [2.05, 4.69) is 10.6 Å². The predicted molar refractivity (Wildman–Crippen MR) is 142 cm³/mol. The van der Waals surface area contributed by atoms with Gasteiger partial charge in [-0.15, -0.1) is 0 Å². The molecule has 0 saturated carbocycles. The molecule has 2 atom stereocenters. The van der Waals surface area contributed by atoms with E-state index in [9.17, 15) is 19.2 Å². The molecule has 0 fully saturated rings. The Hall–Kier alpha value is -3.14. The first kappa shape index (κ1) is 32.9. The molecule has 0 aliphatic rings. The molecule has 38 heavy (non-hydrogen) atoms. The summed E-state index contributed by atoms with van der Waals surface area (Å²) in [5, 5.41) is 5.10. The highest BCUT2D eigenvalue weighted by atomic mass is 16.6. The molecule has 1 aromatic rings. The third-order valence-corrected chi connectivity index (χ3v) is 4.57. The molecule has 1 aromatic carbocycles. The van der Waals surface area contributed by atoms with Crippen LogP contribution in [0.1, 0.15) is 80.7 Å². The number of benzene rings is 1. The van der Waals surface area contributed by atoms with Crippen LogP contribution in [0.15, 0.2) is 30.3 Å². The van der Waals surface area contributed by atoms with Gasteiger partial charge in [0.25, 0.3) is 0 Å². The zero-order chi connectivity index (χ0) is 29.1. The molecule has 1 rings (SSSR count). The molecule has 0 aromatic heterocycles. The number of hydrogen-bond donors (Lipinski definition) is 2. The van der Waals surface area contributed by atoms with Gasteiger partial charge in [0.1, 0.15) is 23.9 Å². The lowest BCUT2D eigenvalue weighted by Gasteiger charge is -2.28. The monoisotopic (exact) mass is 536 g/mol. The van der Waals surface area contributed by atoms with Crippen LogP contribution in [0.2, 0.25) is 0 Å². The predicted octanol–water partition coefficient (Wildman–Crippen LogP) is 4.04. The number of ether oxygens (including phenoxy) is 4. The molecular weight excluding hydrogens is 492 g/mol. The van der Waals surface area contributed by atoms with Gasteiger partial charge in [-0.3, -0.25) is 9.59 Å². The number of carbonyl (C=O) groups is 4. The lowest BCUT2D eigenvalue weighted by atomic mass is 10.1. The SMILES string of the molecule is CC(C)(C)OC[C@H](NC(=O)[C@H](CCC(=O)OC(C)(C)C)NC(=O)OCc1ccccc1)C(=O)OC(C)(C)C. The van der Waals surface area contributed by atoms with Crippen molar-refractivity contribution in [2.24, 2.45) is 0 Å². The number of rotatable bonds is 11.